The Morgan fingerprint density at radius 2 is 1.67 bits per heavy atom. The summed E-state index contributed by atoms with van der Waals surface area (Å²) in [6, 6.07) is 9.87. The maximum Gasteiger partial charge on any atom is 0.256 e. The van der Waals surface area contributed by atoms with E-state index in [1.165, 1.54) is 29.3 Å². The molecular weight excluding hydrogens is 400 g/mol. The predicted octanol–water partition coefficient (Wildman–Crippen LogP) is 3.35. The number of anilines is 2. The average Bonchev–Trinajstić information content (AvgIpc) is 3.30. The van der Waals surface area contributed by atoms with Gasteiger partial charge in [0.2, 0.25) is 10.0 Å². The Kier molecular flexibility index (Phi) is 6.06. The Morgan fingerprint density at radius 1 is 1.00 bits per heavy atom. The minimum atomic E-state index is -3.52. The Balaban J connectivity index is 1.40. The van der Waals surface area contributed by atoms with Crippen molar-refractivity contribution in [2.45, 2.75) is 37.5 Å². The molecule has 7 nitrogen and oxygen atoms in total. The molecule has 2 fully saturated rings. The topological polar surface area (TPSA) is 82.6 Å². The van der Waals surface area contributed by atoms with Crippen LogP contribution in [0.3, 0.4) is 0 Å². The molecule has 0 bridgehead atoms. The number of hydrogen-bond acceptors (Lipinski definition) is 5. The molecule has 160 valence electrons. The SMILES string of the molecule is CC1CCN(S(=O)(=O)c2ccc(C(=O)Nc3ccc(N4CCCC4)cn3)cc2)CC1. The van der Waals surface area contributed by atoms with E-state index in [0.29, 0.717) is 30.4 Å². The third-order valence-electron chi connectivity index (χ3n) is 5.96. The Hall–Kier alpha value is -2.45. The van der Waals surface area contributed by atoms with Gasteiger partial charge in [-0.1, -0.05) is 6.92 Å². The van der Waals surface area contributed by atoms with Gasteiger partial charge < -0.3 is 10.2 Å². The normalized spacial score (nSPS) is 18.5. The number of rotatable bonds is 5. The molecule has 1 aromatic heterocycles. The van der Waals surface area contributed by atoms with Gasteiger partial charge in [-0.05, 0) is 68.0 Å². The molecule has 0 unspecified atom stereocenters. The first kappa shape index (κ1) is 20.8. The van der Waals surface area contributed by atoms with Gasteiger partial charge in [0.25, 0.3) is 5.91 Å². The van der Waals surface area contributed by atoms with Crippen LogP contribution in [0.2, 0.25) is 0 Å². The number of aromatic nitrogens is 1. The first-order chi connectivity index (χ1) is 14.4. The van der Waals surface area contributed by atoms with Gasteiger partial charge in [-0.3, -0.25) is 4.79 Å². The maximum atomic E-state index is 12.8. The highest BCUT2D eigenvalue weighted by atomic mass is 32.2. The molecule has 2 aromatic rings. The zero-order valence-corrected chi connectivity index (χ0v) is 18.1. The molecule has 3 heterocycles. The minimum Gasteiger partial charge on any atom is -0.370 e. The van der Waals surface area contributed by atoms with Crippen molar-refractivity contribution in [3.63, 3.8) is 0 Å². The lowest BCUT2D eigenvalue weighted by molar-refractivity contribution is 0.102. The quantitative estimate of drug-likeness (QED) is 0.790. The fourth-order valence-electron chi connectivity index (χ4n) is 3.96. The van der Waals surface area contributed by atoms with Crippen molar-refractivity contribution in [2.75, 3.05) is 36.4 Å². The number of carbonyl (C=O) groups is 1. The largest absolute Gasteiger partial charge is 0.370 e. The highest BCUT2D eigenvalue weighted by Gasteiger charge is 2.28. The highest BCUT2D eigenvalue weighted by molar-refractivity contribution is 7.89. The smallest absolute Gasteiger partial charge is 0.256 e. The third kappa shape index (κ3) is 4.49. The van der Waals surface area contributed by atoms with Crippen LogP contribution in [0.1, 0.15) is 43.0 Å². The molecule has 0 saturated carbocycles. The van der Waals surface area contributed by atoms with Crippen molar-refractivity contribution in [1.29, 1.82) is 0 Å². The van der Waals surface area contributed by atoms with Crippen LogP contribution >= 0.6 is 0 Å². The average molecular weight is 429 g/mol. The van der Waals surface area contributed by atoms with Crippen LogP contribution in [-0.4, -0.2) is 49.8 Å². The minimum absolute atomic E-state index is 0.224. The van der Waals surface area contributed by atoms with Crippen LogP contribution in [0.15, 0.2) is 47.5 Å². The number of sulfonamides is 1. The molecule has 4 rings (SSSR count). The number of pyridine rings is 1. The maximum absolute atomic E-state index is 12.8. The Morgan fingerprint density at radius 3 is 2.27 bits per heavy atom. The van der Waals surface area contributed by atoms with Crippen LogP contribution in [0.4, 0.5) is 11.5 Å². The molecule has 0 radical (unpaired) electrons. The summed E-state index contributed by atoms with van der Waals surface area (Å²) in [5, 5.41) is 2.77. The molecule has 0 aliphatic carbocycles. The van der Waals surface area contributed by atoms with Gasteiger partial charge in [0.05, 0.1) is 16.8 Å². The van der Waals surface area contributed by atoms with Crippen molar-refractivity contribution < 1.29 is 13.2 Å². The summed E-state index contributed by atoms with van der Waals surface area (Å²) in [4.78, 5) is 19.4. The van der Waals surface area contributed by atoms with Crippen molar-refractivity contribution >= 4 is 27.4 Å². The molecule has 0 atom stereocenters. The summed E-state index contributed by atoms with van der Waals surface area (Å²) in [5.74, 6) is 0.717. The highest BCUT2D eigenvalue weighted by Crippen LogP contribution is 2.24. The van der Waals surface area contributed by atoms with E-state index in [9.17, 15) is 13.2 Å². The van der Waals surface area contributed by atoms with Crippen LogP contribution in [-0.2, 0) is 10.0 Å². The summed E-state index contributed by atoms with van der Waals surface area (Å²) in [6.45, 7) is 5.32. The second kappa shape index (κ2) is 8.73. The van der Waals surface area contributed by atoms with E-state index in [0.717, 1.165) is 31.6 Å². The van der Waals surface area contributed by atoms with E-state index < -0.39 is 10.0 Å². The van der Waals surface area contributed by atoms with E-state index in [2.05, 4.69) is 22.1 Å². The second-order valence-electron chi connectivity index (χ2n) is 8.16. The number of amides is 1. The van der Waals surface area contributed by atoms with E-state index in [1.54, 1.807) is 24.4 Å². The van der Waals surface area contributed by atoms with Crippen LogP contribution in [0, 0.1) is 5.92 Å². The van der Waals surface area contributed by atoms with Crippen LogP contribution in [0.5, 0.6) is 0 Å². The monoisotopic (exact) mass is 428 g/mol. The van der Waals surface area contributed by atoms with E-state index >= 15 is 0 Å². The summed E-state index contributed by atoms with van der Waals surface area (Å²) in [6.07, 6.45) is 5.92. The summed E-state index contributed by atoms with van der Waals surface area (Å²) in [5.41, 5.74) is 1.46. The lowest BCUT2D eigenvalue weighted by Gasteiger charge is -2.29. The number of nitrogens with zero attached hydrogens (tertiary/aromatic N) is 3. The zero-order chi connectivity index (χ0) is 21.1. The molecule has 2 aliphatic rings. The van der Waals surface area contributed by atoms with Crippen LogP contribution in [0.25, 0.3) is 0 Å². The number of benzene rings is 1. The molecule has 8 heteroatoms. The van der Waals surface area contributed by atoms with Gasteiger partial charge in [-0.2, -0.15) is 4.31 Å². The first-order valence-electron chi connectivity index (χ1n) is 10.6. The molecule has 1 aromatic carbocycles. The van der Waals surface area contributed by atoms with E-state index in [4.69, 9.17) is 0 Å². The predicted molar refractivity (Wildman–Crippen MR) is 117 cm³/mol. The number of carbonyl (C=O) groups excluding carboxylic acids is 1. The summed E-state index contributed by atoms with van der Waals surface area (Å²) in [7, 11) is -3.52. The first-order valence-corrected chi connectivity index (χ1v) is 12.0. The number of piperidine rings is 1. The molecular formula is C22H28N4O3S. The zero-order valence-electron chi connectivity index (χ0n) is 17.3. The van der Waals surface area contributed by atoms with Crippen molar-refractivity contribution in [1.82, 2.24) is 9.29 Å². The van der Waals surface area contributed by atoms with Crippen LogP contribution < -0.4 is 10.2 Å². The Bertz CT molecular complexity index is 976. The van der Waals surface area contributed by atoms with Gasteiger partial charge in [0.15, 0.2) is 0 Å². The standard InChI is InChI=1S/C22H28N4O3S/c1-17-10-14-26(15-11-17)30(28,29)20-7-4-18(5-8-20)22(27)24-21-9-6-19(16-23-21)25-12-2-3-13-25/h4-9,16-17H,2-3,10-15H2,1H3,(H,23,24,27). The summed E-state index contributed by atoms with van der Waals surface area (Å²) >= 11 is 0. The van der Waals surface area contributed by atoms with E-state index in [1.807, 2.05) is 6.07 Å². The third-order valence-corrected chi connectivity index (χ3v) is 7.87. The van der Waals surface area contributed by atoms with Gasteiger partial charge in [-0.25, -0.2) is 13.4 Å². The second-order valence-corrected chi connectivity index (χ2v) is 10.1. The van der Waals surface area contributed by atoms with Crippen molar-refractivity contribution in [2.24, 2.45) is 5.92 Å². The Labute approximate surface area is 178 Å². The van der Waals surface area contributed by atoms with Crippen molar-refractivity contribution in [3.8, 4) is 0 Å². The molecule has 2 saturated heterocycles. The lowest BCUT2D eigenvalue weighted by Crippen LogP contribution is -2.37. The molecule has 2 aliphatic heterocycles. The fourth-order valence-corrected chi connectivity index (χ4v) is 5.43. The molecule has 1 amide bonds. The molecule has 30 heavy (non-hydrogen) atoms. The van der Waals surface area contributed by atoms with Gasteiger partial charge in [-0.15, -0.1) is 0 Å². The number of hydrogen-bond donors (Lipinski definition) is 1. The molecule has 0 spiro atoms. The van der Waals surface area contributed by atoms with Gasteiger partial charge in [0, 0.05) is 31.7 Å². The van der Waals surface area contributed by atoms with Gasteiger partial charge in [0.1, 0.15) is 5.82 Å². The van der Waals surface area contributed by atoms with Gasteiger partial charge >= 0.3 is 0 Å². The van der Waals surface area contributed by atoms with E-state index in [-0.39, 0.29) is 10.8 Å². The number of nitrogens with one attached hydrogen (secondary N) is 1. The lowest BCUT2D eigenvalue weighted by atomic mass is 10.0. The fraction of sp³-hybridized carbons (Fsp3) is 0.455. The summed E-state index contributed by atoms with van der Waals surface area (Å²) < 4.78 is 27.2. The van der Waals surface area contributed by atoms with Crippen molar-refractivity contribution in [3.05, 3.63) is 48.2 Å². The molecule has 1 N–H and O–H groups in total.